The number of ether oxygens (including phenoxy) is 1. The van der Waals surface area contributed by atoms with Crippen molar-refractivity contribution in [1.29, 1.82) is 5.26 Å². The molecule has 6 rings (SSSR count). The molecule has 0 unspecified atom stereocenters. The molecular weight excluding hydrogens is 497 g/mol. The first kappa shape index (κ1) is 24.6. The molecule has 39 heavy (non-hydrogen) atoms. The number of nitriles is 1. The van der Waals surface area contributed by atoms with E-state index in [0.717, 1.165) is 31.2 Å². The highest BCUT2D eigenvalue weighted by atomic mass is 19.1. The molecule has 1 saturated heterocycles. The predicted molar refractivity (Wildman–Crippen MR) is 143 cm³/mol. The van der Waals surface area contributed by atoms with E-state index in [4.69, 9.17) is 15.6 Å². The summed E-state index contributed by atoms with van der Waals surface area (Å²) in [6.45, 7) is 1.01. The summed E-state index contributed by atoms with van der Waals surface area (Å²) in [6, 6.07) is 15.2. The second kappa shape index (κ2) is 10.2. The van der Waals surface area contributed by atoms with Crippen LogP contribution in [0.2, 0.25) is 0 Å². The lowest BCUT2D eigenvalue weighted by Gasteiger charge is -2.32. The number of allylic oxidation sites excluding steroid dienone is 1. The van der Waals surface area contributed by atoms with E-state index in [-0.39, 0.29) is 23.3 Å². The maximum absolute atomic E-state index is 13.5. The highest BCUT2D eigenvalue weighted by Gasteiger charge is 2.31. The third-order valence-corrected chi connectivity index (χ3v) is 7.08. The Morgan fingerprint density at radius 1 is 1.13 bits per heavy atom. The molecule has 1 saturated carbocycles. The van der Waals surface area contributed by atoms with Gasteiger partial charge in [-0.2, -0.15) is 10.4 Å². The standard InChI is InChI=1S/C29H26FN7O2/c30-21-3-1-5-24(14-21)39-23-10-8-19(9-11-23)26-25-27(32)33-17-34-28(25)37(35-26)22-4-2-12-36(16-22)29(38)20(15-31)13-18-6-7-18/h1,3,5,8-11,13-14,17-18,22H,2,4,6-7,12,16H2,(H2,32,33,34)/b20-13+/t22-/m1/s1. The average Bonchev–Trinajstić information content (AvgIpc) is 3.69. The number of piperidine rings is 1. The Morgan fingerprint density at radius 2 is 1.95 bits per heavy atom. The second-order valence-corrected chi connectivity index (χ2v) is 9.91. The Balaban J connectivity index is 1.29. The first-order valence-electron chi connectivity index (χ1n) is 12.9. The van der Waals surface area contributed by atoms with Crippen LogP contribution in [0, 0.1) is 23.1 Å². The summed E-state index contributed by atoms with van der Waals surface area (Å²) in [7, 11) is 0. The Morgan fingerprint density at radius 3 is 2.69 bits per heavy atom. The summed E-state index contributed by atoms with van der Waals surface area (Å²) >= 11 is 0. The van der Waals surface area contributed by atoms with Gasteiger partial charge in [-0.05, 0) is 68.0 Å². The molecule has 0 bridgehead atoms. The third kappa shape index (κ3) is 5.03. The molecule has 196 valence electrons. The van der Waals surface area contributed by atoms with Crippen molar-refractivity contribution in [2.75, 3.05) is 18.8 Å². The van der Waals surface area contributed by atoms with E-state index in [1.807, 2.05) is 22.9 Å². The van der Waals surface area contributed by atoms with Crippen LogP contribution in [0.1, 0.15) is 31.7 Å². The fraction of sp³-hybridized carbons (Fsp3) is 0.276. The zero-order valence-corrected chi connectivity index (χ0v) is 21.1. The van der Waals surface area contributed by atoms with E-state index in [1.54, 1.807) is 29.2 Å². The van der Waals surface area contributed by atoms with E-state index < -0.39 is 0 Å². The summed E-state index contributed by atoms with van der Waals surface area (Å²) in [4.78, 5) is 23.5. The van der Waals surface area contributed by atoms with Gasteiger partial charge in [-0.3, -0.25) is 4.79 Å². The molecule has 1 aliphatic carbocycles. The number of anilines is 1. The van der Waals surface area contributed by atoms with Gasteiger partial charge in [0.15, 0.2) is 5.65 Å². The summed E-state index contributed by atoms with van der Waals surface area (Å²) < 4.78 is 21.1. The number of rotatable bonds is 6. The number of fused-ring (bicyclic) bond motifs is 1. The van der Waals surface area contributed by atoms with E-state index in [2.05, 4.69) is 16.0 Å². The average molecular weight is 524 g/mol. The molecule has 1 aliphatic heterocycles. The zero-order chi connectivity index (χ0) is 26.9. The highest BCUT2D eigenvalue weighted by Crippen LogP contribution is 2.35. The Hall–Kier alpha value is -4.78. The van der Waals surface area contributed by atoms with Gasteiger partial charge < -0.3 is 15.4 Å². The maximum Gasteiger partial charge on any atom is 0.264 e. The summed E-state index contributed by atoms with van der Waals surface area (Å²) in [5, 5.41) is 15.1. The molecule has 3 heterocycles. The fourth-order valence-corrected chi connectivity index (χ4v) is 4.96. The van der Waals surface area contributed by atoms with Crippen LogP contribution in [0.3, 0.4) is 0 Å². The number of likely N-dealkylation sites (tertiary alicyclic amines) is 1. The Bertz CT molecular complexity index is 1620. The number of aromatic nitrogens is 4. The highest BCUT2D eigenvalue weighted by molar-refractivity contribution is 5.99. The summed E-state index contributed by atoms with van der Waals surface area (Å²) in [5.41, 5.74) is 8.51. The minimum atomic E-state index is -0.373. The molecule has 2 aliphatic rings. The SMILES string of the molecule is N#C/C(=C\C1CC1)C(=O)N1CCC[C@@H](n2nc(-c3ccc(Oc4cccc(F)c4)cc3)c3c(N)ncnc32)C1. The first-order chi connectivity index (χ1) is 19.0. The van der Waals surface area contributed by atoms with Gasteiger partial charge in [-0.15, -0.1) is 0 Å². The van der Waals surface area contributed by atoms with Crippen molar-refractivity contribution in [3.63, 3.8) is 0 Å². The molecule has 0 radical (unpaired) electrons. The maximum atomic E-state index is 13.5. The van der Waals surface area contributed by atoms with Gasteiger partial charge >= 0.3 is 0 Å². The van der Waals surface area contributed by atoms with Crippen molar-refractivity contribution in [3.05, 3.63) is 72.3 Å². The lowest BCUT2D eigenvalue weighted by Crippen LogP contribution is -2.41. The van der Waals surface area contributed by atoms with Crippen molar-refractivity contribution >= 4 is 22.8 Å². The van der Waals surface area contributed by atoms with Crippen LogP contribution in [0.25, 0.3) is 22.3 Å². The van der Waals surface area contributed by atoms with Crippen molar-refractivity contribution in [3.8, 4) is 28.8 Å². The fourth-order valence-electron chi connectivity index (χ4n) is 4.96. The van der Waals surface area contributed by atoms with E-state index in [1.165, 1.54) is 18.5 Å². The Labute approximate surface area is 224 Å². The van der Waals surface area contributed by atoms with Crippen LogP contribution in [-0.4, -0.2) is 43.6 Å². The van der Waals surface area contributed by atoms with Crippen LogP contribution in [-0.2, 0) is 4.79 Å². The monoisotopic (exact) mass is 523 g/mol. The van der Waals surface area contributed by atoms with Crippen LogP contribution in [0.15, 0.2) is 66.5 Å². The smallest absolute Gasteiger partial charge is 0.264 e. The molecule has 1 amide bonds. The molecule has 9 nitrogen and oxygen atoms in total. The number of hydrogen-bond acceptors (Lipinski definition) is 7. The summed E-state index contributed by atoms with van der Waals surface area (Å²) in [6.07, 6.45) is 6.86. The van der Waals surface area contributed by atoms with Crippen LogP contribution in [0.4, 0.5) is 10.2 Å². The number of amides is 1. The molecule has 2 aromatic carbocycles. The second-order valence-electron chi connectivity index (χ2n) is 9.91. The molecule has 2 fully saturated rings. The molecular formula is C29H26FN7O2. The molecule has 4 aromatic rings. The number of halogens is 1. The summed E-state index contributed by atoms with van der Waals surface area (Å²) in [5.74, 6) is 0.997. The lowest BCUT2D eigenvalue weighted by atomic mass is 10.0. The minimum Gasteiger partial charge on any atom is -0.457 e. The molecule has 2 aromatic heterocycles. The normalized spacial score (nSPS) is 17.7. The molecule has 1 atom stereocenters. The van der Waals surface area contributed by atoms with Gasteiger partial charge in [-0.1, -0.05) is 12.1 Å². The van der Waals surface area contributed by atoms with Crippen LogP contribution in [0.5, 0.6) is 11.5 Å². The number of nitrogens with zero attached hydrogens (tertiary/aromatic N) is 6. The quantitative estimate of drug-likeness (QED) is 0.278. The number of carbonyl (C=O) groups is 1. The van der Waals surface area contributed by atoms with Gasteiger partial charge in [0, 0.05) is 24.7 Å². The molecule has 0 spiro atoms. The first-order valence-corrected chi connectivity index (χ1v) is 12.9. The topological polar surface area (TPSA) is 123 Å². The van der Waals surface area contributed by atoms with Gasteiger partial charge in [-0.25, -0.2) is 19.0 Å². The zero-order valence-electron chi connectivity index (χ0n) is 21.1. The number of carbonyl (C=O) groups excluding carboxylic acids is 1. The number of nitrogen functional groups attached to an aromatic ring is 1. The van der Waals surface area contributed by atoms with Crippen molar-refractivity contribution in [2.45, 2.75) is 31.7 Å². The van der Waals surface area contributed by atoms with Crippen LogP contribution >= 0.6 is 0 Å². The van der Waals surface area contributed by atoms with Crippen molar-refractivity contribution in [2.24, 2.45) is 5.92 Å². The van der Waals surface area contributed by atoms with Crippen LogP contribution < -0.4 is 10.5 Å². The minimum absolute atomic E-state index is 0.135. The molecule has 2 N–H and O–H groups in total. The van der Waals surface area contributed by atoms with E-state index in [0.29, 0.717) is 53.1 Å². The van der Waals surface area contributed by atoms with E-state index >= 15 is 0 Å². The predicted octanol–water partition coefficient (Wildman–Crippen LogP) is 5.03. The van der Waals surface area contributed by atoms with Crippen molar-refractivity contribution < 1.29 is 13.9 Å². The molecule has 10 heteroatoms. The number of hydrogen-bond donors (Lipinski definition) is 1. The van der Waals surface area contributed by atoms with E-state index in [9.17, 15) is 14.4 Å². The lowest BCUT2D eigenvalue weighted by molar-refractivity contribution is -0.128. The Kier molecular flexibility index (Phi) is 6.40. The number of benzene rings is 2. The van der Waals surface area contributed by atoms with Gasteiger partial charge in [0.05, 0.1) is 11.4 Å². The van der Waals surface area contributed by atoms with Gasteiger partial charge in [0.25, 0.3) is 5.91 Å². The van der Waals surface area contributed by atoms with Crippen molar-refractivity contribution in [1.82, 2.24) is 24.6 Å². The number of nitrogens with two attached hydrogens (primary N) is 1. The largest absolute Gasteiger partial charge is 0.457 e. The van der Waals surface area contributed by atoms with Gasteiger partial charge in [0.1, 0.15) is 46.8 Å². The third-order valence-electron chi connectivity index (χ3n) is 7.08. The van der Waals surface area contributed by atoms with Gasteiger partial charge in [0.2, 0.25) is 0 Å².